The zero-order valence-corrected chi connectivity index (χ0v) is 23.4. The lowest BCUT2D eigenvalue weighted by Crippen LogP contribution is -2.25. The second-order valence-corrected chi connectivity index (χ2v) is 11.2. The van der Waals surface area contributed by atoms with Gasteiger partial charge in [0.25, 0.3) is 0 Å². The maximum atomic E-state index is 9.96. The number of fused-ring (bicyclic) bond motifs is 5. The first-order chi connectivity index (χ1) is 20.2. The summed E-state index contributed by atoms with van der Waals surface area (Å²) >= 11 is 0. The highest BCUT2D eigenvalue weighted by Crippen LogP contribution is 2.46. The van der Waals surface area contributed by atoms with Gasteiger partial charge in [-0.1, -0.05) is 23.4 Å². The lowest BCUT2D eigenvalue weighted by molar-refractivity contribution is 0.119. The smallest absolute Gasteiger partial charge is 0.129 e. The van der Waals surface area contributed by atoms with Crippen LogP contribution in [0.5, 0.6) is 11.5 Å². The first kappa shape index (κ1) is 26.0. The molecule has 2 fully saturated rings. The number of aromatic hydroxyl groups is 1. The molecule has 1 N–H and O–H groups in total. The highest BCUT2D eigenvalue weighted by Gasteiger charge is 2.32. The van der Waals surface area contributed by atoms with E-state index in [1.54, 1.807) is 12.1 Å². The number of para-hydroxylation sites is 1. The lowest BCUT2D eigenvalue weighted by Gasteiger charge is -2.15. The highest BCUT2D eigenvalue weighted by molar-refractivity contribution is 6.31. The lowest BCUT2D eigenvalue weighted by atomic mass is 9.96. The number of phenolic OH excluding ortho intramolecular Hbond substituents is 1. The summed E-state index contributed by atoms with van der Waals surface area (Å²) in [5, 5.41) is 15.8. The Morgan fingerprint density at radius 3 is 2.22 bits per heavy atom. The van der Waals surface area contributed by atoms with Gasteiger partial charge in [0.15, 0.2) is 0 Å². The molecule has 2 saturated heterocycles. The number of rotatable bonds is 9. The fourth-order valence-corrected chi connectivity index (χ4v) is 6.39. The molecule has 0 spiro atoms. The van der Waals surface area contributed by atoms with Gasteiger partial charge in [0.1, 0.15) is 30.4 Å². The molecule has 0 bridgehead atoms. The van der Waals surface area contributed by atoms with E-state index < -0.39 is 0 Å². The number of oxime groups is 1. The summed E-state index contributed by atoms with van der Waals surface area (Å²) in [6.07, 6.45) is 5.07. The van der Waals surface area contributed by atoms with Crippen LogP contribution in [0, 0.1) is 0 Å². The molecule has 1 aromatic heterocycles. The fourth-order valence-electron chi connectivity index (χ4n) is 6.39. The molecule has 0 amide bonds. The van der Waals surface area contributed by atoms with Crippen LogP contribution in [0.2, 0.25) is 0 Å². The number of hydrogen-bond donors (Lipinski definition) is 1. The number of benzene rings is 3. The highest BCUT2D eigenvalue weighted by atomic mass is 16.6. The molecule has 7 nitrogen and oxygen atoms in total. The molecule has 4 aromatic rings. The molecule has 0 radical (unpaired) electrons. The van der Waals surface area contributed by atoms with Crippen LogP contribution in [0.3, 0.4) is 0 Å². The topological polar surface area (TPSA) is 70.4 Å². The molecule has 3 heterocycles. The van der Waals surface area contributed by atoms with Crippen molar-refractivity contribution in [2.45, 2.75) is 25.7 Å². The molecule has 1 aliphatic carbocycles. The third kappa shape index (κ3) is 5.27. The molecular weight excluding hydrogens is 512 g/mol. The van der Waals surface area contributed by atoms with Crippen molar-refractivity contribution < 1.29 is 14.7 Å². The quantitative estimate of drug-likeness (QED) is 0.182. The number of hydrogen-bond acceptors (Lipinski definition) is 7. The van der Waals surface area contributed by atoms with Crippen LogP contribution in [0.25, 0.3) is 33.3 Å². The number of pyridine rings is 1. The van der Waals surface area contributed by atoms with Crippen LogP contribution in [-0.2, 0) is 4.84 Å². The van der Waals surface area contributed by atoms with Crippen LogP contribution in [0.1, 0.15) is 36.8 Å². The minimum Gasteiger partial charge on any atom is -0.508 e. The van der Waals surface area contributed by atoms with Crippen molar-refractivity contribution in [3.05, 3.63) is 77.9 Å². The van der Waals surface area contributed by atoms with Gasteiger partial charge in [-0.25, -0.2) is 4.98 Å². The van der Waals surface area contributed by atoms with Crippen molar-refractivity contribution in [3.8, 4) is 33.9 Å². The molecule has 2 aliphatic heterocycles. The summed E-state index contributed by atoms with van der Waals surface area (Å²) in [6, 6.07) is 21.8. The number of aromatic nitrogens is 1. The van der Waals surface area contributed by atoms with Crippen molar-refractivity contribution in [1.29, 1.82) is 0 Å². The van der Waals surface area contributed by atoms with E-state index in [-0.39, 0.29) is 5.75 Å². The van der Waals surface area contributed by atoms with E-state index in [1.807, 2.05) is 30.3 Å². The van der Waals surface area contributed by atoms with Crippen LogP contribution >= 0.6 is 0 Å². The predicted octanol–water partition coefficient (Wildman–Crippen LogP) is 5.93. The first-order valence-electron chi connectivity index (χ1n) is 14.9. The average Bonchev–Trinajstić information content (AvgIpc) is 3.77. The minimum absolute atomic E-state index is 0.232. The summed E-state index contributed by atoms with van der Waals surface area (Å²) in [6.45, 7) is 7.63. The van der Waals surface area contributed by atoms with Crippen molar-refractivity contribution in [1.82, 2.24) is 14.8 Å². The van der Waals surface area contributed by atoms with Crippen molar-refractivity contribution in [3.63, 3.8) is 0 Å². The molecular formula is C34H36N4O3. The minimum atomic E-state index is 0.232. The molecule has 0 unspecified atom stereocenters. The number of ether oxygens (including phenoxy) is 1. The zero-order valence-electron chi connectivity index (χ0n) is 23.4. The number of phenols is 1. The predicted molar refractivity (Wildman–Crippen MR) is 163 cm³/mol. The summed E-state index contributed by atoms with van der Waals surface area (Å²) in [4.78, 5) is 16.1. The Morgan fingerprint density at radius 2 is 1.46 bits per heavy atom. The van der Waals surface area contributed by atoms with Gasteiger partial charge in [0, 0.05) is 40.7 Å². The largest absolute Gasteiger partial charge is 0.508 e. The van der Waals surface area contributed by atoms with Gasteiger partial charge < -0.3 is 14.7 Å². The fraction of sp³-hybridized carbons (Fsp3) is 0.353. The number of nitrogens with zero attached hydrogens (tertiary/aromatic N) is 4. The summed E-state index contributed by atoms with van der Waals surface area (Å²) < 4.78 is 6.26. The molecule has 7 heteroatoms. The molecule has 3 aliphatic rings. The van der Waals surface area contributed by atoms with Crippen LogP contribution in [0.15, 0.2) is 71.9 Å². The zero-order chi connectivity index (χ0) is 27.6. The van der Waals surface area contributed by atoms with Gasteiger partial charge in [0.05, 0.1) is 11.2 Å². The number of likely N-dealkylation sites (tertiary alicyclic amines) is 2. The summed E-state index contributed by atoms with van der Waals surface area (Å²) in [5.74, 6) is 1.07. The molecule has 7 rings (SSSR count). The van der Waals surface area contributed by atoms with Gasteiger partial charge >= 0.3 is 0 Å². The molecule has 0 saturated carbocycles. The van der Waals surface area contributed by atoms with E-state index in [9.17, 15) is 5.11 Å². The van der Waals surface area contributed by atoms with Gasteiger partial charge in [-0.2, -0.15) is 0 Å². The second kappa shape index (κ2) is 11.5. The molecule has 0 atom stereocenters. The van der Waals surface area contributed by atoms with E-state index in [4.69, 9.17) is 19.7 Å². The first-order valence-corrected chi connectivity index (χ1v) is 14.9. The Labute approximate surface area is 241 Å². The third-order valence-electron chi connectivity index (χ3n) is 8.51. The second-order valence-electron chi connectivity index (χ2n) is 11.2. The monoisotopic (exact) mass is 548 g/mol. The van der Waals surface area contributed by atoms with Crippen molar-refractivity contribution >= 4 is 16.6 Å². The van der Waals surface area contributed by atoms with Gasteiger partial charge in [-0.05, 0) is 106 Å². The van der Waals surface area contributed by atoms with Crippen molar-refractivity contribution in [2.24, 2.45) is 5.16 Å². The van der Waals surface area contributed by atoms with Crippen LogP contribution in [-0.4, -0.2) is 78.1 Å². The molecule has 210 valence electrons. The van der Waals surface area contributed by atoms with Gasteiger partial charge in [-0.3, -0.25) is 9.80 Å². The van der Waals surface area contributed by atoms with Crippen LogP contribution < -0.4 is 4.74 Å². The Hall–Kier alpha value is -3.94. The standard InChI is InChI=1S/C34H36N4O3/c39-25-11-9-24(10-12-25)33-31-27-14-13-26(40-21-19-37-15-3-4-16-37)23-29(27)34(36-41-22-20-38-17-5-6-18-38)32(31)28-7-1-2-8-30(28)35-33/h1-2,7-14,23,39H,3-6,15-22H2/b36-34+. The Kier molecular flexibility index (Phi) is 7.30. The van der Waals surface area contributed by atoms with E-state index in [0.29, 0.717) is 13.2 Å². The van der Waals surface area contributed by atoms with E-state index >= 15 is 0 Å². The summed E-state index contributed by atoms with van der Waals surface area (Å²) in [7, 11) is 0. The Morgan fingerprint density at radius 1 is 0.756 bits per heavy atom. The average molecular weight is 549 g/mol. The molecule has 41 heavy (non-hydrogen) atoms. The third-order valence-corrected chi connectivity index (χ3v) is 8.51. The Balaban J connectivity index is 1.29. The van der Waals surface area contributed by atoms with E-state index in [1.165, 1.54) is 25.7 Å². The molecule has 3 aromatic carbocycles. The van der Waals surface area contributed by atoms with E-state index in [2.05, 4.69) is 34.1 Å². The Bertz CT molecular complexity index is 1570. The van der Waals surface area contributed by atoms with E-state index in [0.717, 1.165) is 95.1 Å². The maximum absolute atomic E-state index is 9.96. The normalized spacial score (nSPS) is 17.8. The summed E-state index contributed by atoms with van der Waals surface area (Å²) in [5.41, 5.74) is 7.66. The SMILES string of the molecule is Oc1ccc(-c2nc3ccccc3c3c2-c2ccc(OCCN4CCCC4)cc2/C3=N\OCCN2CCCC2)cc1. The maximum Gasteiger partial charge on any atom is 0.129 e. The van der Waals surface area contributed by atoms with Crippen molar-refractivity contribution in [2.75, 3.05) is 52.5 Å². The van der Waals surface area contributed by atoms with Gasteiger partial charge in [0.2, 0.25) is 0 Å². The van der Waals surface area contributed by atoms with Gasteiger partial charge in [-0.15, -0.1) is 0 Å². The van der Waals surface area contributed by atoms with Crippen LogP contribution in [0.4, 0.5) is 0 Å².